The van der Waals surface area contributed by atoms with Crippen molar-refractivity contribution in [1.29, 1.82) is 0 Å². The maximum Gasteiger partial charge on any atom is 0.00412 e. The number of hydrogen-bond acceptors (Lipinski definition) is 1. The SMILES string of the molecule is CCCC(C)CC(N)CCC. The van der Waals surface area contributed by atoms with Gasteiger partial charge in [0.15, 0.2) is 0 Å². The van der Waals surface area contributed by atoms with Crippen LogP contribution in [0.5, 0.6) is 0 Å². The fraction of sp³-hybridized carbons (Fsp3) is 1.00. The summed E-state index contributed by atoms with van der Waals surface area (Å²) in [6, 6.07) is 0.446. The quantitative estimate of drug-likeness (QED) is 0.630. The van der Waals surface area contributed by atoms with Gasteiger partial charge in [0.1, 0.15) is 0 Å². The monoisotopic (exact) mass is 157 g/mol. The zero-order valence-corrected chi connectivity index (χ0v) is 8.27. The fourth-order valence-electron chi connectivity index (χ4n) is 1.62. The molecule has 1 nitrogen and oxygen atoms in total. The first kappa shape index (κ1) is 11.0. The molecule has 0 spiro atoms. The van der Waals surface area contributed by atoms with Crippen LogP contribution in [0, 0.1) is 5.92 Å². The van der Waals surface area contributed by atoms with Crippen LogP contribution >= 0.6 is 0 Å². The van der Waals surface area contributed by atoms with Crippen LogP contribution in [0.25, 0.3) is 0 Å². The Morgan fingerprint density at radius 2 is 1.64 bits per heavy atom. The van der Waals surface area contributed by atoms with Crippen LogP contribution in [-0.4, -0.2) is 6.04 Å². The first-order valence-corrected chi connectivity index (χ1v) is 4.96. The van der Waals surface area contributed by atoms with Gasteiger partial charge in [-0.3, -0.25) is 0 Å². The van der Waals surface area contributed by atoms with Gasteiger partial charge in [0.25, 0.3) is 0 Å². The molecular formula is C10H23N. The van der Waals surface area contributed by atoms with Crippen molar-refractivity contribution in [3.8, 4) is 0 Å². The van der Waals surface area contributed by atoms with E-state index in [1.165, 1.54) is 32.1 Å². The molecule has 0 aromatic carbocycles. The van der Waals surface area contributed by atoms with Crippen molar-refractivity contribution < 1.29 is 0 Å². The Hall–Kier alpha value is -0.0400. The van der Waals surface area contributed by atoms with E-state index in [1.54, 1.807) is 0 Å². The van der Waals surface area contributed by atoms with Gasteiger partial charge >= 0.3 is 0 Å². The second-order valence-electron chi connectivity index (χ2n) is 3.68. The first-order chi connectivity index (χ1) is 5.20. The van der Waals surface area contributed by atoms with Gasteiger partial charge in [0.05, 0.1) is 0 Å². The largest absolute Gasteiger partial charge is 0.328 e. The van der Waals surface area contributed by atoms with Crippen LogP contribution in [-0.2, 0) is 0 Å². The smallest absolute Gasteiger partial charge is 0.00412 e. The van der Waals surface area contributed by atoms with Gasteiger partial charge in [0.2, 0.25) is 0 Å². The second-order valence-corrected chi connectivity index (χ2v) is 3.68. The van der Waals surface area contributed by atoms with E-state index < -0.39 is 0 Å². The number of hydrogen-bond donors (Lipinski definition) is 1. The minimum atomic E-state index is 0.446. The van der Waals surface area contributed by atoms with Gasteiger partial charge in [-0.15, -0.1) is 0 Å². The van der Waals surface area contributed by atoms with Crippen molar-refractivity contribution in [3.63, 3.8) is 0 Å². The molecule has 0 saturated carbocycles. The Morgan fingerprint density at radius 1 is 1.09 bits per heavy atom. The van der Waals surface area contributed by atoms with Crippen LogP contribution in [0.1, 0.15) is 52.9 Å². The van der Waals surface area contributed by atoms with Gasteiger partial charge < -0.3 is 5.73 Å². The van der Waals surface area contributed by atoms with Gasteiger partial charge in [-0.2, -0.15) is 0 Å². The summed E-state index contributed by atoms with van der Waals surface area (Å²) in [6.45, 7) is 6.74. The van der Waals surface area contributed by atoms with E-state index in [0.29, 0.717) is 6.04 Å². The van der Waals surface area contributed by atoms with Crippen molar-refractivity contribution in [1.82, 2.24) is 0 Å². The minimum Gasteiger partial charge on any atom is -0.328 e. The van der Waals surface area contributed by atoms with Crippen LogP contribution in [0.2, 0.25) is 0 Å². The molecule has 0 fully saturated rings. The summed E-state index contributed by atoms with van der Waals surface area (Å²) >= 11 is 0. The molecule has 0 aliphatic carbocycles. The number of nitrogens with two attached hydrogens (primary N) is 1. The van der Waals surface area contributed by atoms with Gasteiger partial charge in [-0.1, -0.05) is 40.0 Å². The molecule has 2 atom stereocenters. The third-order valence-corrected chi connectivity index (χ3v) is 2.15. The molecule has 0 heterocycles. The molecule has 1 heteroatoms. The number of rotatable bonds is 6. The van der Waals surface area contributed by atoms with Crippen LogP contribution in [0.4, 0.5) is 0 Å². The molecule has 0 rings (SSSR count). The van der Waals surface area contributed by atoms with E-state index in [2.05, 4.69) is 20.8 Å². The molecule has 68 valence electrons. The summed E-state index contributed by atoms with van der Waals surface area (Å²) in [6.07, 6.45) is 6.24. The Labute approximate surface area is 71.4 Å². The standard InChI is InChI=1S/C10H23N/c1-4-6-9(3)8-10(11)7-5-2/h9-10H,4-8,11H2,1-3H3. The summed E-state index contributed by atoms with van der Waals surface area (Å²) in [4.78, 5) is 0. The lowest BCUT2D eigenvalue weighted by Crippen LogP contribution is -2.22. The zero-order chi connectivity index (χ0) is 8.69. The predicted octanol–water partition coefficient (Wildman–Crippen LogP) is 2.94. The molecule has 2 unspecified atom stereocenters. The van der Waals surface area contributed by atoms with Crippen molar-refractivity contribution in [3.05, 3.63) is 0 Å². The van der Waals surface area contributed by atoms with Gasteiger partial charge in [-0.05, 0) is 18.8 Å². The van der Waals surface area contributed by atoms with E-state index in [4.69, 9.17) is 5.73 Å². The highest BCUT2D eigenvalue weighted by Gasteiger charge is 2.06. The van der Waals surface area contributed by atoms with E-state index in [-0.39, 0.29) is 0 Å². The molecule has 0 aromatic rings. The molecule has 0 radical (unpaired) electrons. The first-order valence-electron chi connectivity index (χ1n) is 4.96. The van der Waals surface area contributed by atoms with E-state index in [9.17, 15) is 0 Å². The molecule has 0 saturated heterocycles. The lowest BCUT2D eigenvalue weighted by atomic mass is 9.96. The third kappa shape index (κ3) is 6.36. The lowest BCUT2D eigenvalue weighted by Gasteiger charge is -2.15. The minimum absolute atomic E-state index is 0.446. The topological polar surface area (TPSA) is 26.0 Å². The van der Waals surface area contributed by atoms with Crippen molar-refractivity contribution in [2.24, 2.45) is 11.7 Å². The van der Waals surface area contributed by atoms with Gasteiger partial charge in [0, 0.05) is 6.04 Å². The molecule has 0 aromatic heterocycles. The molecule has 0 bridgehead atoms. The van der Waals surface area contributed by atoms with Crippen molar-refractivity contribution >= 4 is 0 Å². The molecule has 0 amide bonds. The van der Waals surface area contributed by atoms with E-state index in [0.717, 1.165) is 5.92 Å². The highest BCUT2D eigenvalue weighted by atomic mass is 14.6. The highest BCUT2D eigenvalue weighted by molar-refractivity contribution is 4.64. The summed E-state index contributed by atoms with van der Waals surface area (Å²) in [5.41, 5.74) is 5.92. The molecule has 0 aliphatic heterocycles. The lowest BCUT2D eigenvalue weighted by molar-refractivity contribution is 0.417. The second kappa shape index (κ2) is 6.66. The highest BCUT2D eigenvalue weighted by Crippen LogP contribution is 2.13. The molecular weight excluding hydrogens is 134 g/mol. The summed E-state index contributed by atoms with van der Waals surface area (Å²) in [5.74, 6) is 0.821. The fourth-order valence-corrected chi connectivity index (χ4v) is 1.62. The van der Waals surface area contributed by atoms with Crippen molar-refractivity contribution in [2.75, 3.05) is 0 Å². The Morgan fingerprint density at radius 3 is 2.09 bits per heavy atom. The third-order valence-electron chi connectivity index (χ3n) is 2.15. The average molecular weight is 157 g/mol. The molecule has 11 heavy (non-hydrogen) atoms. The van der Waals surface area contributed by atoms with Gasteiger partial charge in [-0.25, -0.2) is 0 Å². The average Bonchev–Trinajstić information content (AvgIpc) is 1.87. The van der Waals surface area contributed by atoms with Crippen molar-refractivity contribution in [2.45, 2.75) is 58.9 Å². The maximum absolute atomic E-state index is 5.92. The summed E-state index contributed by atoms with van der Waals surface area (Å²) < 4.78 is 0. The molecule has 2 N–H and O–H groups in total. The maximum atomic E-state index is 5.92. The molecule has 0 aliphatic rings. The zero-order valence-electron chi connectivity index (χ0n) is 8.27. The van der Waals surface area contributed by atoms with E-state index in [1.807, 2.05) is 0 Å². The Balaban J connectivity index is 3.32. The predicted molar refractivity (Wildman–Crippen MR) is 51.6 cm³/mol. The van der Waals surface area contributed by atoms with E-state index >= 15 is 0 Å². The Kier molecular flexibility index (Phi) is 6.63. The summed E-state index contributed by atoms with van der Waals surface area (Å²) in [7, 11) is 0. The normalized spacial score (nSPS) is 16.4. The Bertz CT molecular complexity index is 70.9. The van der Waals surface area contributed by atoms with Crippen LogP contribution in [0.3, 0.4) is 0 Å². The van der Waals surface area contributed by atoms with Crippen LogP contribution < -0.4 is 5.73 Å². The van der Waals surface area contributed by atoms with Crippen LogP contribution in [0.15, 0.2) is 0 Å². The summed E-state index contributed by atoms with van der Waals surface area (Å²) in [5, 5.41) is 0.